The van der Waals surface area contributed by atoms with E-state index in [0.29, 0.717) is 11.3 Å². The molecule has 2 amide bonds. The summed E-state index contributed by atoms with van der Waals surface area (Å²) in [7, 11) is 0. The average molecular weight is 306 g/mol. The first-order valence-electron chi connectivity index (χ1n) is 7.60. The number of aryl methyl sites for hydroxylation is 1. The number of hydrogen-bond donors (Lipinski definition) is 3. The molecule has 1 aromatic carbocycles. The molecule has 1 unspecified atom stereocenters. The van der Waals surface area contributed by atoms with Crippen LogP contribution in [0.15, 0.2) is 18.2 Å². The quantitative estimate of drug-likeness (QED) is 0.755. The molecular weight excluding hydrogens is 280 g/mol. The lowest BCUT2D eigenvalue weighted by atomic mass is 10.0. The summed E-state index contributed by atoms with van der Waals surface area (Å²) in [5, 5.41) is 15.3. The Balaban J connectivity index is 2.81. The number of carbonyl (C=O) groups excluding carboxylic acids is 2. The van der Waals surface area contributed by atoms with E-state index in [2.05, 4.69) is 10.6 Å². The van der Waals surface area contributed by atoms with Gasteiger partial charge >= 0.3 is 0 Å². The lowest BCUT2D eigenvalue weighted by molar-refractivity contribution is -0.118. The number of hydrogen-bond acceptors (Lipinski definition) is 3. The van der Waals surface area contributed by atoms with E-state index in [1.54, 1.807) is 18.2 Å². The first-order chi connectivity index (χ1) is 10.2. The Kier molecular flexibility index (Phi) is 6.56. The Morgan fingerprint density at radius 3 is 2.36 bits per heavy atom. The molecule has 0 bridgehead atoms. The molecule has 0 spiro atoms. The number of anilines is 1. The second-order valence-corrected chi connectivity index (χ2v) is 6.22. The van der Waals surface area contributed by atoms with Crippen LogP contribution in [0.1, 0.15) is 50.0 Å². The molecule has 5 heteroatoms. The largest absolute Gasteiger partial charge is 0.392 e. The van der Waals surface area contributed by atoms with Crippen LogP contribution in [0.4, 0.5) is 5.69 Å². The highest BCUT2D eigenvalue weighted by molar-refractivity contribution is 5.98. The van der Waals surface area contributed by atoms with E-state index in [4.69, 9.17) is 0 Å². The minimum atomic E-state index is -0.672. The number of amides is 2. The van der Waals surface area contributed by atoms with Crippen LogP contribution < -0.4 is 10.6 Å². The van der Waals surface area contributed by atoms with Crippen molar-refractivity contribution in [3.8, 4) is 0 Å². The standard InChI is InChI=1S/C17H26N2O3/c1-10(2)15(20)9-16(21)19-13-7-6-12(5)14(8-13)17(22)18-11(3)4/h6-8,10-11,15,20H,9H2,1-5H3,(H,18,22)(H,19,21). The Morgan fingerprint density at radius 2 is 1.82 bits per heavy atom. The summed E-state index contributed by atoms with van der Waals surface area (Å²) in [5.41, 5.74) is 1.94. The van der Waals surface area contributed by atoms with E-state index in [9.17, 15) is 14.7 Å². The summed E-state index contributed by atoms with van der Waals surface area (Å²) in [6.45, 7) is 9.36. The van der Waals surface area contributed by atoms with Crippen molar-refractivity contribution in [2.24, 2.45) is 5.92 Å². The molecule has 1 atom stereocenters. The molecule has 22 heavy (non-hydrogen) atoms. The second-order valence-electron chi connectivity index (χ2n) is 6.22. The molecule has 0 saturated carbocycles. The molecule has 0 fully saturated rings. The van der Waals surface area contributed by atoms with Gasteiger partial charge in [-0.1, -0.05) is 19.9 Å². The minimum Gasteiger partial charge on any atom is -0.392 e. The molecule has 0 aliphatic heterocycles. The fraction of sp³-hybridized carbons (Fsp3) is 0.529. The van der Waals surface area contributed by atoms with Crippen LogP contribution in [0.5, 0.6) is 0 Å². The molecule has 122 valence electrons. The zero-order valence-electron chi connectivity index (χ0n) is 13.9. The first kappa shape index (κ1) is 18.2. The fourth-order valence-corrected chi connectivity index (χ4v) is 1.92. The fourth-order valence-electron chi connectivity index (χ4n) is 1.92. The zero-order chi connectivity index (χ0) is 16.9. The molecule has 0 saturated heterocycles. The van der Waals surface area contributed by atoms with Crippen LogP contribution in [0.2, 0.25) is 0 Å². The smallest absolute Gasteiger partial charge is 0.251 e. The summed E-state index contributed by atoms with van der Waals surface area (Å²) in [6.07, 6.45) is -0.631. The number of carbonyl (C=O) groups is 2. The van der Waals surface area contributed by atoms with Gasteiger partial charge in [0.15, 0.2) is 0 Å². The summed E-state index contributed by atoms with van der Waals surface area (Å²) in [6, 6.07) is 5.25. The Morgan fingerprint density at radius 1 is 1.18 bits per heavy atom. The maximum absolute atomic E-state index is 12.1. The van der Waals surface area contributed by atoms with Crippen LogP contribution >= 0.6 is 0 Å². The number of aliphatic hydroxyl groups excluding tert-OH is 1. The van der Waals surface area contributed by atoms with Crippen molar-refractivity contribution in [1.29, 1.82) is 0 Å². The van der Waals surface area contributed by atoms with E-state index < -0.39 is 6.10 Å². The molecular formula is C17H26N2O3. The lowest BCUT2D eigenvalue weighted by Gasteiger charge is -2.15. The SMILES string of the molecule is Cc1ccc(NC(=O)CC(O)C(C)C)cc1C(=O)NC(C)C. The Bertz CT molecular complexity index is 539. The van der Waals surface area contributed by atoms with Gasteiger partial charge in [-0.3, -0.25) is 9.59 Å². The van der Waals surface area contributed by atoms with Gasteiger partial charge in [0.05, 0.1) is 12.5 Å². The van der Waals surface area contributed by atoms with Crippen LogP contribution in [0, 0.1) is 12.8 Å². The van der Waals surface area contributed by atoms with Crippen molar-refractivity contribution >= 4 is 17.5 Å². The van der Waals surface area contributed by atoms with E-state index in [1.807, 2.05) is 34.6 Å². The molecule has 1 rings (SSSR count). The first-order valence-corrected chi connectivity index (χ1v) is 7.60. The van der Waals surface area contributed by atoms with Gasteiger partial charge in [0.25, 0.3) is 5.91 Å². The highest BCUT2D eigenvalue weighted by atomic mass is 16.3. The normalized spacial score (nSPS) is 12.4. The third kappa shape index (κ3) is 5.48. The highest BCUT2D eigenvalue weighted by Gasteiger charge is 2.16. The van der Waals surface area contributed by atoms with E-state index >= 15 is 0 Å². The lowest BCUT2D eigenvalue weighted by Crippen LogP contribution is -2.30. The summed E-state index contributed by atoms with van der Waals surface area (Å²) < 4.78 is 0. The van der Waals surface area contributed by atoms with Crippen molar-refractivity contribution in [3.05, 3.63) is 29.3 Å². The molecule has 0 aliphatic carbocycles. The van der Waals surface area contributed by atoms with Crippen LogP contribution in [0.25, 0.3) is 0 Å². The van der Waals surface area contributed by atoms with Gasteiger partial charge in [-0.15, -0.1) is 0 Å². The third-order valence-electron chi connectivity index (χ3n) is 3.35. The number of benzene rings is 1. The summed E-state index contributed by atoms with van der Waals surface area (Å²) >= 11 is 0. The molecule has 0 heterocycles. The minimum absolute atomic E-state index is 0.0242. The highest BCUT2D eigenvalue weighted by Crippen LogP contribution is 2.16. The predicted molar refractivity (Wildman–Crippen MR) is 87.9 cm³/mol. The van der Waals surface area contributed by atoms with E-state index in [1.165, 1.54) is 0 Å². The monoisotopic (exact) mass is 306 g/mol. The average Bonchev–Trinajstić information content (AvgIpc) is 2.39. The zero-order valence-corrected chi connectivity index (χ0v) is 13.9. The van der Waals surface area contributed by atoms with Gasteiger partial charge in [0, 0.05) is 17.3 Å². The number of rotatable bonds is 6. The molecule has 5 nitrogen and oxygen atoms in total. The van der Waals surface area contributed by atoms with Crippen LogP contribution in [-0.2, 0) is 4.79 Å². The van der Waals surface area contributed by atoms with Gasteiger partial charge < -0.3 is 15.7 Å². The van der Waals surface area contributed by atoms with Gasteiger partial charge in [-0.2, -0.15) is 0 Å². The van der Waals surface area contributed by atoms with Crippen LogP contribution in [-0.4, -0.2) is 29.1 Å². The second kappa shape index (κ2) is 7.94. The maximum Gasteiger partial charge on any atom is 0.251 e. The maximum atomic E-state index is 12.1. The molecule has 0 aliphatic rings. The summed E-state index contributed by atoms with van der Waals surface area (Å²) in [4.78, 5) is 24.0. The van der Waals surface area contributed by atoms with Crippen molar-refractivity contribution in [3.63, 3.8) is 0 Å². The number of nitrogens with one attached hydrogen (secondary N) is 2. The molecule has 1 aromatic rings. The van der Waals surface area contributed by atoms with E-state index in [-0.39, 0.29) is 30.2 Å². The molecule has 3 N–H and O–H groups in total. The van der Waals surface area contributed by atoms with Crippen molar-refractivity contribution in [2.75, 3.05) is 5.32 Å². The van der Waals surface area contributed by atoms with Crippen LogP contribution in [0.3, 0.4) is 0 Å². The van der Waals surface area contributed by atoms with E-state index in [0.717, 1.165) is 5.56 Å². The van der Waals surface area contributed by atoms with Crippen molar-refractivity contribution in [2.45, 2.75) is 53.2 Å². The molecule has 0 aromatic heterocycles. The van der Waals surface area contributed by atoms with Gasteiger partial charge in [0.2, 0.25) is 5.91 Å². The predicted octanol–water partition coefficient (Wildman–Crippen LogP) is 2.48. The third-order valence-corrected chi connectivity index (χ3v) is 3.35. The van der Waals surface area contributed by atoms with Gasteiger partial charge in [-0.05, 0) is 44.4 Å². The topological polar surface area (TPSA) is 78.4 Å². The molecule has 0 radical (unpaired) electrons. The van der Waals surface area contributed by atoms with Gasteiger partial charge in [-0.25, -0.2) is 0 Å². The van der Waals surface area contributed by atoms with Crippen molar-refractivity contribution < 1.29 is 14.7 Å². The Labute approximate surface area is 132 Å². The Hall–Kier alpha value is -1.88. The summed E-state index contributed by atoms with van der Waals surface area (Å²) in [5.74, 6) is -0.401. The number of aliphatic hydroxyl groups is 1. The van der Waals surface area contributed by atoms with Crippen molar-refractivity contribution in [1.82, 2.24) is 5.32 Å². The van der Waals surface area contributed by atoms with Gasteiger partial charge in [0.1, 0.15) is 0 Å².